The molecule has 1 saturated carbocycles. The maximum Gasteiger partial charge on any atom is 0.347 e. The van der Waals surface area contributed by atoms with Crippen LogP contribution in [0.1, 0.15) is 39.7 Å². The van der Waals surface area contributed by atoms with Crippen LogP contribution in [0.5, 0.6) is 0 Å². The Morgan fingerprint density at radius 1 is 1.43 bits per heavy atom. The topological polar surface area (TPSA) is 53.4 Å². The van der Waals surface area contributed by atoms with Crippen LogP contribution in [0.4, 0.5) is 9.52 Å². The minimum absolute atomic E-state index is 0.264. The average molecular weight is 306 g/mol. The summed E-state index contributed by atoms with van der Waals surface area (Å²) >= 11 is 1.21. The van der Waals surface area contributed by atoms with Gasteiger partial charge in [0.15, 0.2) is 5.13 Å². The van der Waals surface area contributed by atoms with E-state index in [1.807, 2.05) is 11.9 Å². The van der Waals surface area contributed by atoms with E-state index in [1.54, 1.807) is 12.1 Å². The fourth-order valence-electron chi connectivity index (χ4n) is 2.20. The minimum atomic E-state index is -0.907. The molecule has 0 amide bonds. The van der Waals surface area contributed by atoms with Gasteiger partial charge in [-0.05, 0) is 30.5 Å². The third kappa shape index (κ3) is 3.05. The number of carboxylic acid groups (broad SMARTS) is 1. The van der Waals surface area contributed by atoms with Crippen molar-refractivity contribution in [2.24, 2.45) is 0 Å². The monoisotopic (exact) mass is 306 g/mol. The molecule has 0 saturated heterocycles. The number of halogens is 1. The number of thiazole rings is 1. The lowest BCUT2D eigenvalue weighted by atomic mass is 10.2. The molecule has 0 spiro atoms. The maximum absolute atomic E-state index is 12.9. The number of carboxylic acids is 1. The van der Waals surface area contributed by atoms with Crippen LogP contribution in [0.3, 0.4) is 0 Å². The molecule has 6 heteroatoms. The Morgan fingerprint density at radius 2 is 2.10 bits per heavy atom. The summed E-state index contributed by atoms with van der Waals surface area (Å²) in [6.45, 7) is 0.566. The Bertz CT molecular complexity index is 665. The molecule has 1 heterocycles. The van der Waals surface area contributed by atoms with Gasteiger partial charge in [0, 0.05) is 19.5 Å². The summed E-state index contributed by atoms with van der Waals surface area (Å²) in [7, 11) is 1.87. The lowest BCUT2D eigenvalue weighted by molar-refractivity contribution is 0.0700. The molecule has 1 fully saturated rings. The fraction of sp³-hybridized carbons (Fsp3) is 0.333. The first kappa shape index (κ1) is 14.0. The fourth-order valence-corrected chi connectivity index (χ4v) is 3.15. The van der Waals surface area contributed by atoms with E-state index in [0.29, 0.717) is 28.2 Å². The Kier molecular flexibility index (Phi) is 3.63. The predicted molar refractivity (Wildman–Crippen MR) is 79.6 cm³/mol. The van der Waals surface area contributed by atoms with Gasteiger partial charge in [0.1, 0.15) is 10.7 Å². The first-order valence-electron chi connectivity index (χ1n) is 6.74. The van der Waals surface area contributed by atoms with Crippen LogP contribution in [0.15, 0.2) is 24.3 Å². The number of aromatic nitrogens is 1. The molecule has 21 heavy (non-hydrogen) atoms. The molecule has 1 aromatic carbocycles. The zero-order valence-electron chi connectivity index (χ0n) is 11.5. The van der Waals surface area contributed by atoms with Gasteiger partial charge in [-0.3, -0.25) is 0 Å². The first-order chi connectivity index (χ1) is 10.0. The van der Waals surface area contributed by atoms with Crippen LogP contribution >= 0.6 is 11.3 Å². The molecule has 3 rings (SSSR count). The van der Waals surface area contributed by atoms with Gasteiger partial charge < -0.3 is 10.0 Å². The highest BCUT2D eigenvalue weighted by Crippen LogP contribution is 2.44. The zero-order chi connectivity index (χ0) is 15.0. The molecule has 1 aromatic heterocycles. The molecule has 1 aliphatic rings. The van der Waals surface area contributed by atoms with Gasteiger partial charge in [-0.25, -0.2) is 14.2 Å². The van der Waals surface area contributed by atoms with Crippen molar-refractivity contribution in [3.8, 4) is 0 Å². The van der Waals surface area contributed by atoms with Crippen molar-refractivity contribution in [3.05, 3.63) is 46.2 Å². The Hall–Kier alpha value is -1.95. The van der Waals surface area contributed by atoms with Crippen molar-refractivity contribution in [2.75, 3.05) is 11.9 Å². The van der Waals surface area contributed by atoms with Crippen LogP contribution in [-0.2, 0) is 6.54 Å². The lowest BCUT2D eigenvalue weighted by Crippen LogP contribution is -2.16. The number of benzene rings is 1. The summed E-state index contributed by atoms with van der Waals surface area (Å²) in [4.78, 5) is 18.0. The van der Waals surface area contributed by atoms with Crippen LogP contribution in [0.25, 0.3) is 0 Å². The van der Waals surface area contributed by atoms with Gasteiger partial charge in [0.2, 0.25) is 0 Å². The molecule has 0 bridgehead atoms. The number of aromatic carboxylic acids is 1. The Balaban J connectivity index is 1.80. The zero-order valence-corrected chi connectivity index (χ0v) is 12.4. The van der Waals surface area contributed by atoms with Crippen LogP contribution in [-0.4, -0.2) is 23.1 Å². The molecular formula is C15H15FN2O2S. The summed E-state index contributed by atoms with van der Waals surface area (Å²) in [5, 5.41) is 9.96. The van der Waals surface area contributed by atoms with Crippen molar-refractivity contribution in [1.82, 2.24) is 4.98 Å². The smallest absolute Gasteiger partial charge is 0.347 e. The number of hydrogen-bond donors (Lipinski definition) is 1. The van der Waals surface area contributed by atoms with Crippen molar-refractivity contribution in [1.29, 1.82) is 0 Å². The number of hydrogen-bond acceptors (Lipinski definition) is 4. The number of rotatable bonds is 5. The van der Waals surface area contributed by atoms with Crippen LogP contribution < -0.4 is 4.90 Å². The van der Waals surface area contributed by atoms with Crippen molar-refractivity contribution in [2.45, 2.75) is 25.3 Å². The molecule has 0 aliphatic heterocycles. The third-order valence-corrected chi connectivity index (χ3v) is 4.63. The average Bonchev–Trinajstić information content (AvgIpc) is 3.19. The van der Waals surface area contributed by atoms with Gasteiger partial charge in [-0.15, -0.1) is 0 Å². The molecule has 110 valence electrons. The van der Waals surface area contributed by atoms with Gasteiger partial charge in [0.05, 0.1) is 5.69 Å². The SMILES string of the molecule is CN(Cc1ccc(F)cc1)c1nc(C2CC2)c(C(=O)O)s1. The Morgan fingerprint density at radius 3 is 2.67 bits per heavy atom. The molecular weight excluding hydrogens is 291 g/mol. The van der Waals surface area contributed by atoms with E-state index >= 15 is 0 Å². The molecule has 0 unspecified atom stereocenters. The lowest BCUT2D eigenvalue weighted by Gasteiger charge is -2.15. The summed E-state index contributed by atoms with van der Waals surface area (Å²) < 4.78 is 12.9. The highest BCUT2D eigenvalue weighted by Gasteiger charge is 2.32. The molecule has 1 N–H and O–H groups in total. The van der Waals surface area contributed by atoms with E-state index in [4.69, 9.17) is 0 Å². The van der Waals surface area contributed by atoms with Crippen molar-refractivity contribution >= 4 is 22.4 Å². The maximum atomic E-state index is 12.9. The van der Waals surface area contributed by atoms with Gasteiger partial charge in [0.25, 0.3) is 0 Å². The second-order valence-electron chi connectivity index (χ2n) is 5.27. The molecule has 1 aliphatic carbocycles. The van der Waals surface area contributed by atoms with Gasteiger partial charge >= 0.3 is 5.97 Å². The predicted octanol–water partition coefficient (Wildman–Crippen LogP) is 3.49. The van der Waals surface area contributed by atoms with Gasteiger partial charge in [-0.2, -0.15) is 0 Å². The largest absolute Gasteiger partial charge is 0.477 e. The standard InChI is InChI=1S/C15H15FN2O2S/c1-18(8-9-2-6-11(16)7-3-9)15-17-12(10-4-5-10)13(21-15)14(19)20/h2-3,6-7,10H,4-5,8H2,1H3,(H,19,20). The normalized spacial score (nSPS) is 14.2. The Labute approximate surface area is 125 Å². The quantitative estimate of drug-likeness (QED) is 0.918. The summed E-state index contributed by atoms with van der Waals surface area (Å²) in [6.07, 6.45) is 2.04. The highest BCUT2D eigenvalue weighted by atomic mass is 32.1. The molecule has 0 atom stereocenters. The number of anilines is 1. The van der Waals surface area contributed by atoms with Crippen molar-refractivity contribution < 1.29 is 14.3 Å². The van der Waals surface area contributed by atoms with E-state index in [2.05, 4.69) is 4.98 Å². The van der Waals surface area contributed by atoms with Crippen molar-refractivity contribution in [3.63, 3.8) is 0 Å². The van der Waals surface area contributed by atoms with Crippen LogP contribution in [0, 0.1) is 5.82 Å². The van der Waals surface area contributed by atoms with Gasteiger partial charge in [-0.1, -0.05) is 23.5 Å². The van der Waals surface area contributed by atoms with Crippen LogP contribution in [0.2, 0.25) is 0 Å². The molecule has 2 aromatic rings. The summed E-state index contributed by atoms with van der Waals surface area (Å²) in [5.41, 5.74) is 1.67. The first-order valence-corrected chi connectivity index (χ1v) is 7.56. The number of nitrogens with zero attached hydrogens (tertiary/aromatic N) is 2. The van der Waals surface area contributed by atoms with E-state index < -0.39 is 5.97 Å². The second kappa shape index (κ2) is 5.44. The molecule has 0 radical (unpaired) electrons. The minimum Gasteiger partial charge on any atom is -0.477 e. The molecule has 4 nitrogen and oxygen atoms in total. The van der Waals surface area contributed by atoms with E-state index in [-0.39, 0.29) is 5.82 Å². The van der Waals surface area contributed by atoms with E-state index in [9.17, 15) is 14.3 Å². The number of carbonyl (C=O) groups is 1. The van der Waals surface area contributed by atoms with E-state index in [1.165, 1.54) is 23.5 Å². The van der Waals surface area contributed by atoms with E-state index in [0.717, 1.165) is 18.4 Å². The summed E-state index contributed by atoms with van der Waals surface area (Å²) in [5.74, 6) is -0.865. The highest BCUT2D eigenvalue weighted by molar-refractivity contribution is 7.17. The second-order valence-corrected chi connectivity index (χ2v) is 6.25. The summed E-state index contributed by atoms with van der Waals surface area (Å²) in [6, 6.07) is 6.28. The third-order valence-electron chi connectivity index (χ3n) is 3.46.